The zero-order valence-corrected chi connectivity index (χ0v) is 20.4. The first-order valence-corrected chi connectivity index (χ1v) is 12.3. The molecule has 1 saturated carbocycles. The predicted molar refractivity (Wildman–Crippen MR) is 136 cm³/mol. The lowest BCUT2D eigenvalue weighted by atomic mass is 10.00. The fourth-order valence-electron chi connectivity index (χ4n) is 4.38. The largest absolute Gasteiger partial charge is 0.438 e. The molecule has 2 atom stereocenters. The number of benzene rings is 3. The van der Waals surface area contributed by atoms with Gasteiger partial charge in [0, 0.05) is 17.8 Å². The average molecular weight is 502 g/mol. The van der Waals surface area contributed by atoms with E-state index in [2.05, 4.69) is 10.6 Å². The summed E-state index contributed by atoms with van der Waals surface area (Å²) in [4.78, 5) is 40.0. The Balaban J connectivity index is 1.34. The van der Waals surface area contributed by atoms with Crippen molar-refractivity contribution in [1.29, 1.82) is 0 Å². The molecule has 8 heteroatoms. The monoisotopic (exact) mass is 501 g/mol. The second kappa shape index (κ2) is 10.4. The minimum absolute atomic E-state index is 0.0410. The molecule has 37 heavy (non-hydrogen) atoms. The second-order valence-corrected chi connectivity index (χ2v) is 9.64. The van der Waals surface area contributed by atoms with Crippen molar-refractivity contribution in [2.45, 2.75) is 38.5 Å². The third kappa shape index (κ3) is 5.80. The van der Waals surface area contributed by atoms with Crippen LogP contribution >= 0.6 is 0 Å². The van der Waals surface area contributed by atoms with Gasteiger partial charge in [-0.3, -0.25) is 14.5 Å². The molecule has 3 aromatic rings. The number of ether oxygens (including phenoxy) is 1. The van der Waals surface area contributed by atoms with Gasteiger partial charge in [-0.1, -0.05) is 42.0 Å². The summed E-state index contributed by atoms with van der Waals surface area (Å²) in [7, 11) is 0. The van der Waals surface area contributed by atoms with Gasteiger partial charge in [0.15, 0.2) is 12.1 Å². The van der Waals surface area contributed by atoms with Gasteiger partial charge in [0.05, 0.1) is 6.54 Å². The van der Waals surface area contributed by atoms with Crippen LogP contribution in [0.1, 0.15) is 46.0 Å². The third-order valence-electron chi connectivity index (χ3n) is 6.67. The van der Waals surface area contributed by atoms with Crippen molar-refractivity contribution >= 4 is 23.6 Å². The van der Waals surface area contributed by atoms with Crippen LogP contribution in [0.3, 0.4) is 0 Å². The molecule has 3 amide bonds. The van der Waals surface area contributed by atoms with Crippen LogP contribution in [0, 0.1) is 18.7 Å². The number of amides is 3. The molecule has 0 radical (unpaired) electrons. The molecule has 0 bridgehead atoms. The van der Waals surface area contributed by atoms with Crippen molar-refractivity contribution in [1.82, 2.24) is 10.2 Å². The molecule has 2 fully saturated rings. The smallest absolute Gasteiger partial charge is 0.411 e. The van der Waals surface area contributed by atoms with Crippen LogP contribution in [-0.4, -0.2) is 35.4 Å². The summed E-state index contributed by atoms with van der Waals surface area (Å²) >= 11 is 0. The van der Waals surface area contributed by atoms with E-state index in [1.807, 2.05) is 19.1 Å². The first kappa shape index (κ1) is 24.5. The molecule has 7 nitrogen and oxygen atoms in total. The minimum Gasteiger partial charge on any atom is -0.438 e. The number of nitrogens with one attached hydrogen (secondary N) is 2. The lowest BCUT2D eigenvalue weighted by molar-refractivity contribution is -0.126. The fourth-order valence-corrected chi connectivity index (χ4v) is 4.38. The summed E-state index contributed by atoms with van der Waals surface area (Å²) in [5.74, 6) is -0.498. The van der Waals surface area contributed by atoms with Gasteiger partial charge in [0.25, 0.3) is 5.91 Å². The van der Waals surface area contributed by atoms with Crippen molar-refractivity contribution in [3.05, 3.63) is 101 Å². The van der Waals surface area contributed by atoms with Gasteiger partial charge in [-0.05, 0) is 73.2 Å². The summed E-state index contributed by atoms with van der Waals surface area (Å²) in [6.45, 7) is 2.54. The van der Waals surface area contributed by atoms with Gasteiger partial charge in [-0.2, -0.15) is 0 Å². The number of cyclic esters (lactones) is 1. The Labute approximate surface area is 214 Å². The number of rotatable bonds is 8. The molecule has 2 N–H and O–H groups in total. The lowest BCUT2D eigenvalue weighted by Gasteiger charge is -2.24. The highest BCUT2D eigenvalue weighted by Gasteiger charge is 2.47. The van der Waals surface area contributed by atoms with E-state index in [4.69, 9.17) is 4.74 Å². The highest BCUT2D eigenvalue weighted by Crippen LogP contribution is 2.35. The summed E-state index contributed by atoms with van der Waals surface area (Å²) < 4.78 is 19.4. The van der Waals surface area contributed by atoms with Crippen molar-refractivity contribution < 1.29 is 23.5 Å². The second-order valence-electron chi connectivity index (χ2n) is 9.64. The van der Waals surface area contributed by atoms with Crippen molar-refractivity contribution in [2.75, 3.05) is 11.9 Å². The highest BCUT2D eigenvalue weighted by molar-refractivity contribution is 6.04. The van der Waals surface area contributed by atoms with E-state index in [0.717, 1.165) is 18.4 Å². The Morgan fingerprint density at radius 2 is 1.76 bits per heavy atom. The van der Waals surface area contributed by atoms with Crippen LogP contribution in [0.15, 0.2) is 72.8 Å². The summed E-state index contributed by atoms with van der Waals surface area (Å²) in [6.07, 6.45) is 0.666. The van der Waals surface area contributed by atoms with E-state index in [1.54, 1.807) is 48.5 Å². The molecule has 0 unspecified atom stereocenters. The van der Waals surface area contributed by atoms with Crippen molar-refractivity contribution in [3.63, 3.8) is 0 Å². The Morgan fingerprint density at radius 1 is 1.03 bits per heavy atom. The van der Waals surface area contributed by atoms with Crippen LogP contribution < -0.4 is 10.6 Å². The van der Waals surface area contributed by atoms with Gasteiger partial charge in [-0.25, -0.2) is 9.18 Å². The first-order valence-electron chi connectivity index (χ1n) is 12.3. The third-order valence-corrected chi connectivity index (χ3v) is 6.67. The molecule has 2 aliphatic rings. The molecular weight excluding hydrogens is 473 g/mol. The van der Waals surface area contributed by atoms with Crippen LogP contribution in [0.25, 0.3) is 0 Å². The van der Waals surface area contributed by atoms with Crippen molar-refractivity contribution in [3.8, 4) is 0 Å². The zero-order valence-electron chi connectivity index (χ0n) is 20.4. The maximum absolute atomic E-state index is 13.8. The molecule has 0 spiro atoms. The number of hydrogen-bond donors (Lipinski definition) is 2. The predicted octanol–water partition coefficient (Wildman–Crippen LogP) is 4.97. The molecule has 1 saturated heterocycles. The van der Waals surface area contributed by atoms with Crippen molar-refractivity contribution in [2.24, 2.45) is 5.92 Å². The molecule has 5 rings (SSSR count). The quantitative estimate of drug-likeness (QED) is 0.456. The van der Waals surface area contributed by atoms with E-state index in [1.165, 1.54) is 17.0 Å². The van der Waals surface area contributed by atoms with Gasteiger partial charge in [0.1, 0.15) is 5.82 Å². The zero-order chi connectivity index (χ0) is 25.9. The summed E-state index contributed by atoms with van der Waals surface area (Å²) in [5.41, 5.74) is 3.36. The van der Waals surface area contributed by atoms with Gasteiger partial charge >= 0.3 is 6.09 Å². The van der Waals surface area contributed by atoms with E-state index in [-0.39, 0.29) is 18.4 Å². The SMILES string of the molecule is Cc1ccc(C(=O)Nc2ccc([C@@H]3OC(=O)N(Cc4cccc(F)c4)[C@H]3C(=O)NCC3CC3)cc2)cc1. The van der Waals surface area contributed by atoms with Crippen LogP contribution in [0.5, 0.6) is 0 Å². The molecule has 190 valence electrons. The molecule has 1 heterocycles. The van der Waals surface area contributed by atoms with Gasteiger partial charge in [0.2, 0.25) is 5.91 Å². The lowest BCUT2D eigenvalue weighted by Crippen LogP contribution is -2.46. The average Bonchev–Trinajstić information content (AvgIpc) is 3.66. The molecular formula is C29H28FN3O4. The maximum Gasteiger partial charge on any atom is 0.411 e. The fraction of sp³-hybridized carbons (Fsp3) is 0.276. The van der Waals surface area contributed by atoms with E-state index < -0.39 is 24.1 Å². The highest BCUT2D eigenvalue weighted by atomic mass is 19.1. The molecule has 1 aliphatic heterocycles. The summed E-state index contributed by atoms with van der Waals surface area (Å²) in [6, 6.07) is 19.2. The molecule has 1 aliphatic carbocycles. The topological polar surface area (TPSA) is 87.7 Å². The minimum atomic E-state index is -0.914. The maximum atomic E-state index is 13.8. The number of carbonyl (C=O) groups excluding carboxylic acids is 3. The van der Waals surface area contributed by atoms with E-state index in [0.29, 0.717) is 34.8 Å². The van der Waals surface area contributed by atoms with Crippen LogP contribution in [0.2, 0.25) is 0 Å². The summed E-state index contributed by atoms with van der Waals surface area (Å²) in [5, 5.41) is 5.80. The van der Waals surface area contributed by atoms with Gasteiger partial charge < -0.3 is 15.4 Å². The molecule has 0 aromatic heterocycles. The van der Waals surface area contributed by atoms with Gasteiger partial charge in [-0.15, -0.1) is 0 Å². The number of hydrogen-bond acceptors (Lipinski definition) is 4. The Morgan fingerprint density at radius 3 is 2.43 bits per heavy atom. The number of halogens is 1. The standard InChI is InChI=1S/C29H28FN3O4/c1-18-5-9-22(10-6-18)27(34)32-24-13-11-21(12-14-24)26-25(28(35)31-16-19-7-8-19)33(29(36)37-26)17-20-3-2-4-23(30)15-20/h2-6,9-15,19,25-26H,7-8,16-17H2,1H3,(H,31,35)(H,32,34)/t25-,26+/m1/s1. The number of carbonyl (C=O) groups is 3. The number of aryl methyl sites for hydroxylation is 1. The normalized spacial score (nSPS) is 18.9. The number of anilines is 1. The Bertz CT molecular complexity index is 1310. The first-order chi connectivity index (χ1) is 17.9. The van der Waals surface area contributed by atoms with Crippen LogP contribution in [-0.2, 0) is 16.1 Å². The Kier molecular flexibility index (Phi) is 6.90. The van der Waals surface area contributed by atoms with E-state index >= 15 is 0 Å². The number of nitrogens with zero attached hydrogens (tertiary/aromatic N) is 1. The van der Waals surface area contributed by atoms with E-state index in [9.17, 15) is 18.8 Å². The Hall–Kier alpha value is -4.20. The molecule has 3 aromatic carbocycles. The van der Waals surface area contributed by atoms with Crippen LogP contribution in [0.4, 0.5) is 14.9 Å².